The number of nitrogens with one attached hydrogen (secondary N) is 1. The Morgan fingerprint density at radius 2 is 1.96 bits per heavy atom. The Bertz CT molecular complexity index is 400. The Balaban J connectivity index is 0.00000312. The largest absolute Gasteiger partial charge is 0.381 e. The quantitative estimate of drug-likeness (QED) is 0.271. The summed E-state index contributed by atoms with van der Waals surface area (Å²) in [6.07, 6.45) is 3.57. The van der Waals surface area contributed by atoms with Crippen LogP contribution in [0.15, 0.2) is 4.99 Å². The number of rotatable bonds is 7. The zero-order valence-electron chi connectivity index (χ0n) is 16.9. The van der Waals surface area contributed by atoms with Crippen molar-refractivity contribution in [1.29, 1.82) is 0 Å². The summed E-state index contributed by atoms with van der Waals surface area (Å²) in [4.78, 5) is 9.89. The summed E-state index contributed by atoms with van der Waals surface area (Å²) in [5, 5.41) is 3.49. The first-order chi connectivity index (χ1) is 11.5. The van der Waals surface area contributed by atoms with Crippen molar-refractivity contribution in [3.05, 3.63) is 0 Å². The molecule has 0 saturated carbocycles. The van der Waals surface area contributed by atoms with Crippen molar-refractivity contribution in [3.63, 3.8) is 0 Å². The minimum absolute atomic E-state index is 0. The van der Waals surface area contributed by atoms with Crippen molar-refractivity contribution in [3.8, 4) is 0 Å². The molecule has 0 amide bonds. The van der Waals surface area contributed by atoms with Crippen LogP contribution in [0.2, 0.25) is 0 Å². The Hall–Kier alpha value is -0.0800. The molecule has 2 aliphatic rings. The van der Waals surface area contributed by atoms with Gasteiger partial charge >= 0.3 is 0 Å². The number of ether oxygens (including phenoxy) is 1. The van der Waals surface area contributed by atoms with Gasteiger partial charge in [-0.15, -0.1) is 24.0 Å². The molecule has 0 aromatic heterocycles. The van der Waals surface area contributed by atoms with Crippen LogP contribution in [-0.4, -0.2) is 73.8 Å². The number of aliphatic imine (C=N–C) groups is 1. The van der Waals surface area contributed by atoms with Crippen molar-refractivity contribution in [1.82, 2.24) is 15.1 Å². The highest BCUT2D eigenvalue weighted by molar-refractivity contribution is 14.0. The first-order valence-corrected chi connectivity index (χ1v) is 9.84. The zero-order valence-corrected chi connectivity index (χ0v) is 19.2. The summed E-state index contributed by atoms with van der Waals surface area (Å²) in [7, 11) is 0. The fourth-order valence-electron chi connectivity index (χ4n) is 4.06. The molecule has 0 bridgehead atoms. The molecule has 0 aromatic rings. The van der Waals surface area contributed by atoms with E-state index >= 15 is 0 Å². The fourth-order valence-corrected chi connectivity index (χ4v) is 4.06. The van der Waals surface area contributed by atoms with E-state index in [0.717, 1.165) is 58.3 Å². The van der Waals surface area contributed by atoms with Gasteiger partial charge in [-0.1, -0.05) is 0 Å². The second-order valence-electron chi connectivity index (χ2n) is 7.99. The molecule has 2 aliphatic heterocycles. The molecule has 2 fully saturated rings. The molecule has 2 rings (SSSR count). The standard InChI is InChI=1S/C19H38N4O.HI/c1-6-20-18(21-10-7-11-23(16(2)3)17(4)5)22-12-8-19(14-22)9-13-24-15-19;/h16-17H,6-15H2,1-5H3,(H,20,21);1H. The Kier molecular flexibility index (Phi) is 10.0. The maximum atomic E-state index is 5.65. The van der Waals surface area contributed by atoms with Gasteiger partial charge in [0, 0.05) is 56.8 Å². The van der Waals surface area contributed by atoms with Crippen LogP contribution in [0.25, 0.3) is 0 Å². The summed E-state index contributed by atoms with van der Waals surface area (Å²) in [6, 6.07) is 1.20. The molecule has 1 N–H and O–H groups in total. The number of halogens is 1. The minimum Gasteiger partial charge on any atom is -0.381 e. The van der Waals surface area contributed by atoms with E-state index in [0.29, 0.717) is 17.5 Å². The molecule has 5 nitrogen and oxygen atoms in total. The third-order valence-electron chi connectivity index (χ3n) is 5.42. The molecule has 2 saturated heterocycles. The van der Waals surface area contributed by atoms with Crippen molar-refractivity contribution in [2.45, 2.75) is 66.0 Å². The van der Waals surface area contributed by atoms with Crippen molar-refractivity contribution >= 4 is 29.9 Å². The predicted octanol–water partition coefficient (Wildman–Crippen LogP) is 3.19. The summed E-state index contributed by atoms with van der Waals surface area (Å²) in [5.41, 5.74) is 0.391. The monoisotopic (exact) mass is 466 g/mol. The smallest absolute Gasteiger partial charge is 0.193 e. The Morgan fingerprint density at radius 3 is 2.52 bits per heavy atom. The normalized spacial score (nSPS) is 24.0. The highest BCUT2D eigenvalue weighted by Crippen LogP contribution is 2.38. The van der Waals surface area contributed by atoms with E-state index in [1.54, 1.807) is 0 Å². The zero-order chi connectivity index (χ0) is 17.6. The van der Waals surface area contributed by atoms with E-state index in [1.165, 1.54) is 12.8 Å². The second kappa shape index (κ2) is 10.9. The predicted molar refractivity (Wildman–Crippen MR) is 117 cm³/mol. The van der Waals surface area contributed by atoms with Crippen LogP contribution in [0.4, 0.5) is 0 Å². The molecule has 6 heteroatoms. The van der Waals surface area contributed by atoms with Gasteiger partial charge in [0.2, 0.25) is 0 Å². The maximum absolute atomic E-state index is 5.65. The summed E-state index contributed by atoms with van der Waals surface area (Å²) < 4.78 is 5.65. The molecule has 0 aliphatic carbocycles. The molecule has 0 aromatic carbocycles. The molecular formula is C19H39IN4O. The van der Waals surface area contributed by atoms with E-state index in [4.69, 9.17) is 9.73 Å². The van der Waals surface area contributed by atoms with Crippen LogP contribution in [-0.2, 0) is 4.74 Å². The van der Waals surface area contributed by atoms with Gasteiger partial charge in [-0.3, -0.25) is 9.89 Å². The van der Waals surface area contributed by atoms with Gasteiger partial charge in [0.15, 0.2) is 5.96 Å². The molecule has 25 heavy (non-hydrogen) atoms. The highest BCUT2D eigenvalue weighted by Gasteiger charge is 2.42. The second-order valence-corrected chi connectivity index (χ2v) is 7.99. The van der Waals surface area contributed by atoms with E-state index in [1.807, 2.05) is 0 Å². The van der Waals surface area contributed by atoms with Crippen LogP contribution in [0.1, 0.15) is 53.9 Å². The lowest BCUT2D eigenvalue weighted by Gasteiger charge is -2.30. The molecule has 2 heterocycles. The van der Waals surface area contributed by atoms with Gasteiger partial charge in [0.1, 0.15) is 0 Å². The lowest BCUT2D eigenvalue weighted by atomic mass is 9.87. The molecule has 1 atom stereocenters. The molecule has 0 radical (unpaired) electrons. The molecular weight excluding hydrogens is 427 g/mol. The number of hydrogen-bond acceptors (Lipinski definition) is 3. The van der Waals surface area contributed by atoms with Gasteiger partial charge in [-0.2, -0.15) is 0 Å². The SMILES string of the molecule is CCNC(=NCCCN(C(C)C)C(C)C)N1CCC2(CCOC2)C1.I. The maximum Gasteiger partial charge on any atom is 0.193 e. The summed E-state index contributed by atoms with van der Waals surface area (Å²) in [5.74, 6) is 1.10. The Labute approximate surface area is 172 Å². The average molecular weight is 466 g/mol. The third kappa shape index (κ3) is 6.54. The summed E-state index contributed by atoms with van der Waals surface area (Å²) in [6.45, 7) is 18.3. The minimum atomic E-state index is 0. The summed E-state index contributed by atoms with van der Waals surface area (Å²) >= 11 is 0. The highest BCUT2D eigenvalue weighted by atomic mass is 127. The van der Waals surface area contributed by atoms with Crippen LogP contribution < -0.4 is 5.32 Å². The van der Waals surface area contributed by atoms with E-state index in [9.17, 15) is 0 Å². The average Bonchev–Trinajstić information content (AvgIpc) is 3.15. The lowest BCUT2D eigenvalue weighted by molar-refractivity contribution is 0.156. The van der Waals surface area contributed by atoms with Crippen LogP contribution >= 0.6 is 24.0 Å². The van der Waals surface area contributed by atoms with Gasteiger partial charge in [-0.05, 0) is 53.9 Å². The fraction of sp³-hybridized carbons (Fsp3) is 0.947. The Morgan fingerprint density at radius 1 is 1.24 bits per heavy atom. The molecule has 148 valence electrons. The third-order valence-corrected chi connectivity index (χ3v) is 5.42. The van der Waals surface area contributed by atoms with Crippen molar-refractivity contribution in [2.24, 2.45) is 10.4 Å². The van der Waals surface area contributed by atoms with Crippen molar-refractivity contribution in [2.75, 3.05) is 45.9 Å². The van der Waals surface area contributed by atoms with E-state index < -0.39 is 0 Å². The number of nitrogens with zero attached hydrogens (tertiary/aromatic N) is 3. The number of likely N-dealkylation sites (tertiary alicyclic amines) is 1. The van der Waals surface area contributed by atoms with Gasteiger partial charge in [-0.25, -0.2) is 0 Å². The first-order valence-electron chi connectivity index (χ1n) is 9.84. The van der Waals surface area contributed by atoms with E-state index in [-0.39, 0.29) is 24.0 Å². The lowest BCUT2D eigenvalue weighted by Crippen LogP contribution is -2.42. The van der Waals surface area contributed by atoms with Crippen LogP contribution in [0, 0.1) is 5.41 Å². The van der Waals surface area contributed by atoms with Gasteiger partial charge in [0.05, 0.1) is 6.61 Å². The van der Waals surface area contributed by atoms with Crippen LogP contribution in [0.3, 0.4) is 0 Å². The molecule has 1 unspecified atom stereocenters. The number of hydrogen-bond donors (Lipinski definition) is 1. The topological polar surface area (TPSA) is 40.1 Å². The van der Waals surface area contributed by atoms with Crippen LogP contribution in [0.5, 0.6) is 0 Å². The number of guanidine groups is 1. The van der Waals surface area contributed by atoms with Crippen molar-refractivity contribution < 1.29 is 4.74 Å². The molecule has 1 spiro atoms. The van der Waals surface area contributed by atoms with E-state index in [2.05, 4.69) is 49.7 Å². The van der Waals surface area contributed by atoms with Gasteiger partial charge in [0.25, 0.3) is 0 Å². The first kappa shape index (κ1) is 23.0. The van der Waals surface area contributed by atoms with Gasteiger partial charge < -0.3 is 15.0 Å².